The highest BCUT2D eigenvalue weighted by Gasteiger charge is 1.91. The van der Waals surface area contributed by atoms with Gasteiger partial charge in [-0.15, -0.1) is 11.8 Å². The van der Waals surface area contributed by atoms with Crippen molar-refractivity contribution in [2.24, 2.45) is 0 Å². The molecule has 1 rings (SSSR count). The van der Waals surface area contributed by atoms with Crippen molar-refractivity contribution < 1.29 is 7.48 Å². The van der Waals surface area contributed by atoms with E-state index in [4.69, 9.17) is 7.48 Å². The monoisotopic (exact) mass is 170 g/mol. The molecule has 0 radical (unpaired) electrons. The summed E-state index contributed by atoms with van der Waals surface area (Å²) in [6.07, 6.45) is 0. The summed E-state index contributed by atoms with van der Waals surface area (Å²) in [4.78, 5) is 0.910. The second-order valence-electron chi connectivity index (χ2n) is 1.98. The molecule has 0 fully saturated rings. The summed E-state index contributed by atoms with van der Waals surface area (Å²) in [7, 11) is 1.61. The van der Waals surface area contributed by atoms with Gasteiger partial charge in [-0.3, -0.25) is 0 Å². The predicted molar refractivity (Wildman–Crippen MR) is 49.4 cm³/mol. The Morgan fingerprint density at radius 2 is 2.27 bits per heavy atom. The molecule has 0 spiro atoms. The largest absolute Gasteiger partial charge is 0.497 e. The maximum atomic E-state index is 7.37. The molecule has 0 aliphatic rings. The molecule has 60 valence electrons. The summed E-state index contributed by atoms with van der Waals surface area (Å²) in [6.45, 7) is 1.54. The Hall–Kier alpha value is -0.630. The molecule has 1 aromatic rings. The van der Waals surface area contributed by atoms with Gasteiger partial charge in [0, 0.05) is 7.64 Å². The molecular weight excluding hydrogens is 157 g/mol. The topological polar surface area (TPSA) is 9.23 Å². The van der Waals surface area contributed by atoms with Gasteiger partial charge in [0.15, 0.2) is 0 Å². The van der Waals surface area contributed by atoms with Gasteiger partial charge in [-0.1, -0.05) is 6.92 Å². The van der Waals surface area contributed by atoms with Gasteiger partial charge in [0.25, 0.3) is 0 Å². The van der Waals surface area contributed by atoms with E-state index >= 15 is 0 Å². The number of rotatable bonds is 3. The molecule has 0 aliphatic heterocycles. The van der Waals surface area contributed by atoms with Crippen LogP contribution in [0.2, 0.25) is 0 Å². The molecule has 0 unspecified atom stereocenters. The Morgan fingerprint density at radius 3 is 2.73 bits per heavy atom. The van der Waals surface area contributed by atoms with E-state index < -0.39 is 5.70 Å². The van der Waals surface area contributed by atoms with Gasteiger partial charge >= 0.3 is 0 Å². The van der Waals surface area contributed by atoms with Gasteiger partial charge in [-0.2, -0.15) is 0 Å². The summed E-state index contributed by atoms with van der Waals surface area (Å²) in [5, 5.41) is 0. The van der Waals surface area contributed by atoms with Crippen LogP contribution in [0.15, 0.2) is 29.2 Å². The fourth-order valence-electron chi connectivity index (χ4n) is 0.762. The van der Waals surface area contributed by atoms with E-state index in [9.17, 15) is 0 Å². The van der Waals surface area contributed by atoms with Gasteiger partial charge in [-0.05, 0) is 30.0 Å². The van der Waals surface area contributed by atoms with Gasteiger partial charge < -0.3 is 4.74 Å². The fraction of sp³-hybridized carbons (Fsp3) is 0.333. The van der Waals surface area contributed by atoms with Crippen LogP contribution < -0.4 is 4.74 Å². The van der Waals surface area contributed by atoms with Crippen molar-refractivity contribution in [3.8, 4) is 5.75 Å². The SMILES string of the molecule is [1H][13C@@]([2H])(C)Sc1ccc(OC)cc1. The lowest BCUT2D eigenvalue weighted by Crippen LogP contribution is -1.81. The Balaban J connectivity index is 2.70. The van der Waals surface area contributed by atoms with E-state index in [1.807, 2.05) is 24.3 Å². The average Bonchev–Trinajstić information content (AvgIpc) is 2.03. The lowest BCUT2D eigenvalue weighted by molar-refractivity contribution is 0.414. The van der Waals surface area contributed by atoms with Gasteiger partial charge in [0.05, 0.1) is 7.11 Å². The third-order valence-corrected chi connectivity index (χ3v) is 1.99. The summed E-state index contributed by atoms with van der Waals surface area (Å²) < 4.78 is 19.7. The maximum absolute atomic E-state index is 7.37. The Bertz CT molecular complexity index is 266. The smallest absolute Gasteiger partial charge is 0.118 e. The second-order valence-corrected chi connectivity index (χ2v) is 3.07. The van der Waals surface area contributed by atoms with E-state index in [2.05, 4.69) is 0 Å². The molecule has 1 atom stereocenters. The van der Waals surface area contributed by atoms with Crippen LogP contribution in [0, 0.1) is 0 Å². The average molecular weight is 170 g/mol. The third kappa shape index (κ3) is 2.46. The van der Waals surface area contributed by atoms with Crippen LogP contribution in [0.5, 0.6) is 5.75 Å². The zero-order valence-corrected chi connectivity index (χ0v) is 7.44. The molecule has 1 aromatic carbocycles. The highest BCUT2D eigenvalue weighted by molar-refractivity contribution is 7.99. The van der Waals surface area contributed by atoms with E-state index in [1.165, 1.54) is 11.8 Å². The van der Waals surface area contributed by atoms with Gasteiger partial charge in [0.1, 0.15) is 5.75 Å². The van der Waals surface area contributed by atoms with Crippen molar-refractivity contribution in [3.63, 3.8) is 0 Å². The quantitative estimate of drug-likeness (QED) is 0.509. The van der Waals surface area contributed by atoms with Crippen molar-refractivity contribution in [2.75, 3.05) is 12.8 Å². The van der Waals surface area contributed by atoms with Crippen LogP contribution in [-0.4, -0.2) is 12.8 Å². The number of ether oxygens (including phenoxy) is 1. The minimum Gasteiger partial charge on any atom is -0.497 e. The molecule has 0 saturated carbocycles. The first-order chi connectivity index (χ1) is 6.01. The second kappa shape index (κ2) is 4.29. The standard InChI is InChI=1S/C9H12OS/c1-3-11-9-6-4-8(10-2)5-7-9/h4-7H,3H2,1-2H3/i3+1DH/t3-/m1/s1. The molecule has 0 saturated heterocycles. The number of hydrogen-bond donors (Lipinski definition) is 0. The number of hydrogen-bond acceptors (Lipinski definition) is 2. The van der Waals surface area contributed by atoms with E-state index in [-0.39, 0.29) is 0 Å². The minimum absolute atomic E-state index is 0.793. The van der Waals surface area contributed by atoms with E-state index in [0.717, 1.165) is 10.6 Å². The lowest BCUT2D eigenvalue weighted by Gasteiger charge is -2.00. The molecule has 0 aromatic heterocycles. The summed E-state index contributed by atoms with van der Waals surface area (Å²) >= 11 is 1.20. The predicted octanol–water partition coefficient (Wildman–Crippen LogP) is 2.81. The molecule has 0 aliphatic carbocycles. The highest BCUT2D eigenvalue weighted by atomic mass is 32.2. The van der Waals surface area contributed by atoms with Crippen LogP contribution in [0.3, 0.4) is 0 Å². The minimum atomic E-state index is -1.23. The van der Waals surface area contributed by atoms with E-state index in [0.29, 0.717) is 0 Å². The summed E-state index contributed by atoms with van der Waals surface area (Å²) in [5.74, 6) is 0.793. The highest BCUT2D eigenvalue weighted by Crippen LogP contribution is 2.20. The molecule has 0 bridgehead atoms. The van der Waals surface area contributed by atoms with Crippen LogP contribution >= 0.6 is 11.8 Å². The number of thioether (sulfide) groups is 1. The molecule has 1 nitrogen and oxygen atoms in total. The van der Waals surface area contributed by atoms with Crippen LogP contribution in [0.25, 0.3) is 0 Å². The number of methoxy groups -OCH3 is 1. The van der Waals surface area contributed by atoms with Crippen LogP contribution in [0.1, 0.15) is 9.67 Å². The molecule has 0 heterocycles. The zero-order chi connectivity index (χ0) is 9.90. The van der Waals surface area contributed by atoms with Gasteiger partial charge in [0.2, 0.25) is 0 Å². The zero-order valence-electron chi connectivity index (χ0n) is 8.63. The van der Waals surface area contributed by atoms with Crippen molar-refractivity contribution in [2.45, 2.75) is 11.8 Å². The Kier molecular flexibility index (Phi) is 2.32. The molecule has 0 N–H and O–H groups in total. The number of benzene rings is 1. The van der Waals surface area contributed by atoms with Crippen molar-refractivity contribution >= 4 is 11.8 Å². The first kappa shape index (κ1) is 5.95. The van der Waals surface area contributed by atoms with Crippen molar-refractivity contribution in [1.29, 1.82) is 0 Å². The van der Waals surface area contributed by atoms with Gasteiger partial charge in [-0.25, -0.2) is 0 Å². The van der Waals surface area contributed by atoms with Crippen LogP contribution in [0.4, 0.5) is 0 Å². The fourth-order valence-corrected chi connectivity index (χ4v) is 1.27. The third-order valence-electron chi connectivity index (χ3n) is 1.28. The molecule has 0 amide bonds. The Labute approximate surface area is 74.6 Å². The normalized spacial score (nSPS) is 18.0. The van der Waals surface area contributed by atoms with E-state index in [1.54, 1.807) is 14.0 Å². The lowest BCUT2D eigenvalue weighted by atomic mass is 10.3. The summed E-state index contributed by atoms with van der Waals surface area (Å²) in [5.41, 5.74) is -1.23. The molecular formula is C9H12OS. The first-order valence-electron chi connectivity index (χ1n) is 4.34. The van der Waals surface area contributed by atoms with Crippen molar-refractivity contribution in [1.82, 2.24) is 0 Å². The summed E-state index contributed by atoms with van der Waals surface area (Å²) in [6, 6.07) is 7.36. The van der Waals surface area contributed by atoms with Crippen molar-refractivity contribution in [3.05, 3.63) is 24.3 Å². The first-order valence-corrected chi connectivity index (χ1v) is 4.16. The Morgan fingerprint density at radius 1 is 1.64 bits per heavy atom. The molecule has 2 heteroatoms. The molecule has 11 heavy (non-hydrogen) atoms. The maximum Gasteiger partial charge on any atom is 0.118 e. The van der Waals surface area contributed by atoms with Crippen LogP contribution in [-0.2, 0) is 0 Å².